The molecule has 1 saturated heterocycles. The molecule has 0 bridgehead atoms. The van der Waals surface area contributed by atoms with Crippen LogP contribution in [0, 0.1) is 5.92 Å². The average Bonchev–Trinajstić information content (AvgIpc) is 3.07. The summed E-state index contributed by atoms with van der Waals surface area (Å²) >= 11 is 0. The van der Waals surface area contributed by atoms with Gasteiger partial charge in [0, 0.05) is 0 Å². The van der Waals surface area contributed by atoms with Crippen molar-refractivity contribution in [3.63, 3.8) is 0 Å². The highest BCUT2D eigenvalue weighted by atomic mass is 16.5. The lowest BCUT2D eigenvalue weighted by Crippen LogP contribution is -3.11. The molecule has 0 unspecified atom stereocenters. The second-order valence-corrected chi connectivity index (χ2v) is 8.10. The number of hydrogen-bond acceptors (Lipinski definition) is 5. The Bertz CT molecular complexity index is 989. The van der Waals surface area contributed by atoms with Crippen LogP contribution in [0.1, 0.15) is 41.3 Å². The fourth-order valence-corrected chi connectivity index (χ4v) is 4.16. The highest BCUT2D eigenvalue weighted by molar-refractivity contribution is 6.15. The van der Waals surface area contributed by atoms with E-state index in [1.165, 1.54) is 17.7 Å². The van der Waals surface area contributed by atoms with E-state index in [2.05, 4.69) is 6.92 Å². The third-order valence-corrected chi connectivity index (χ3v) is 6.03. The van der Waals surface area contributed by atoms with E-state index in [9.17, 15) is 9.90 Å². The number of quaternary nitrogens is 1. The standard InChI is InChI=1S/C24H27NO5/c1-15-8-10-25(11-9-15)14-18-19(26)6-5-17-23(27)22(30-24(17)18)13-16-4-7-20(28-2)21(12-16)29-3/h4-7,12-13,15,26H,8-11,14H2,1-3H3/p+1/b22-13-. The van der Waals surface area contributed by atoms with Crippen LogP contribution in [-0.2, 0) is 6.54 Å². The molecule has 6 heteroatoms. The van der Waals surface area contributed by atoms with Crippen molar-refractivity contribution in [2.45, 2.75) is 26.3 Å². The molecule has 0 radical (unpaired) electrons. The first-order valence-electron chi connectivity index (χ1n) is 10.3. The second kappa shape index (κ2) is 8.40. The van der Waals surface area contributed by atoms with Gasteiger partial charge in [0.25, 0.3) is 0 Å². The topological polar surface area (TPSA) is 69.4 Å². The number of methoxy groups -OCH3 is 2. The second-order valence-electron chi connectivity index (χ2n) is 8.10. The molecule has 2 N–H and O–H groups in total. The molecular weight excluding hydrogens is 382 g/mol. The first-order valence-corrected chi connectivity index (χ1v) is 10.3. The predicted molar refractivity (Wildman–Crippen MR) is 113 cm³/mol. The number of allylic oxidation sites excluding steroid dienone is 1. The summed E-state index contributed by atoms with van der Waals surface area (Å²) in [4.78, 5) is 14.3. The minimum Gasteiger partial charge on any atom is -0.507 e. The van der Waals surface area contributed by atoms with Gasteiger partial charge in [0.05, 0.1) is 38.4 Å². The Morgan fingerprint density at radius 2 is 1.87 bits per heavy atom. The van der Waals surface area contributed by atoms with E-state index in [1.54, 1.807) is 44.6 Å². The Labute approximate surface area is 176 Å². The third kappa shape index (κ3) is 3.87. The van der Waals surface area contributed by atoms with E-state index in [-0.39, 0.29) is 17.3 Å². The van der Waals surface area contributed by atoms with Crippen LogP contribution in [0.4, 0.5) is 0 Å². The number of aromatic hydroxyl groups is 1. The van der Waals surface area contributed by atoms with Crippen LogP contribution in [0.25, 0.3) is 6.08 Å². The van der Waals surface area contributed by atoms with Gasteiger partial charge in [0.1, 0.15) is 12.3 Å². The van der Waals surface area contributed by atoms with Crippen molar-refractivity contribution in [1.82, 2.24) is 0 Å². The number of ketones is 1. The summed E-state index contributed by atoms with van der Waals surface area (Å²) in [7, 11) is 3.15. The highest BCUT2D eigenvalue weighted by Crippen LogP contribution is 2.39. The molecule has 2 aromatic rings. The van der Waals surface area contributed by atoms with Gasteiger partial charge in [-0.1, -0.05) is 13.0 Å². The molecule has 2 aromatic carbocycles. The molecule has 0 aliphatic carbocycles. The maximum absolute atomic E-state index is 12.9. The number of nitrogens with one attached hydrogen (secondary N) is 1. The largest absolute Gasteiger partial charge is 0.507 e. The van der Waals surface area contributed by atoms with E-state index >= 15 is 0 Å². The van der Waals surface area contributed by atoms with Crippen LogP contribution >= 0.6 is 0 Å². The summed E-state index contributed by atoms with van der Waals surface area (Å²) in [5.41, 5.74) is 1.98. The quantitative estimate of drug-likeness (QED) is 0.742. The zero-order chi connectivity index (χ0) is 21.3. The number of carbonyl (C=O) groups excluding carboxylic acids is 1. The Morgan fingerprint density at radius 3 is 2.57 bits per heavy atom. The molecule has 2 aliphatic rings. The van der Waals surface area contributed by atoms with Gasteiger partial charge in [0.2, 0.25) is 5.78 Å². The maximum Gasteiger partial charge on any atom is 0.231 e. The minimum absolute atomic E-state index is 0.177. The number of Topliss-reactive ketones (excluding diaryl/α,β-unsaturated/α-hetero) is 1. The van der Waals surface area contributed by atoms with Gasteiger partial charge < -0.3 is 24.2 Å². The third-order valence-electron chi connectivity index (χ3n) is 6.03. The molecule has 0 spiro atoms. The molecule has 158 valence electrons. The summed E-state index contributed by atoms with van der Waals surface area (Å²) in [6.45, 7) is 5.05. The number of fused-ring (bicyclic) bond motifs is 1. The van der Waals surface area contributed by atoms with Crippen LogP contribution in [0.2, 0.25) is 0 Å². The fraction of sp³-hybridized carbons (Fsp3) is 0.375. The number of hydrogen-bond donors (Lipinski definition) is 2. The van der Waals surface area contributed by atoms with Crippen molar-refractivity contribution in [3.05, 3.63) is 52.8 Å². The molecular formula is C24H28NO5+. The number of carbonyl (C=O) groups is 1. The van der Waals surface area contributed by atoms with Gasteiger partial charge in [-0.25, -0.2) is 0 Å². The first-order chi connectivity index (χ1) is 14.5. The SMILES string of the molecule is COc1ccc(/C=C2\Oc3c(ccc(O)c3C[NH+]3CCC(C)CC3)C2=O)cc1OC. The molecule has 4 rings (SSSR count). The van der Waals surface area contributed by atoms with Crippen LogP contribution < -0.4 is 19.1 Å². The minimum atomic E-state index is -0.177. The van der Waals surface area contributed by atoms with Crippen molar-refractivity contribution < 1.29 is 29.0 Å². The molecule has 0 amide bonds. The number of phenolic OH excluding ortho intramolecular Hbond substituents is 1. The van der Waals surface area contributed by atoms with Gasteiger partial charge >= 0.3 is 0 Å². The number of benzene rings is 2. The molecule has 30 heavy (non-hydrogen) atoms. The summed E-state index contributed by atoms with van der Waals surface area (Å²) in [5, 5.41) is 10.5. The zero-order valence-corrected chi connectivity index (χ0v) is 17.7. The van der Waals surface area contributed by atoms with E-state index < -0.39 is 0 Å². The number of ether oxygens (including phenoxy) is 3. The Morgan fingerprint density at radius 1 is 1.13 bits per heavy atom. The van der Waals surface area contributed by atoms with Crippen molar-refractivity contribution in [2.75, 3.05) is 27.3 Å². The van der Waals surface area contributed by atoms with Gasteiger partial charge in [-0.2, -0.15) is 0 Å². The lowest BCUT2D eigenvalue weighted by atomic mass is 9.98. The molecule has 0 atom stereocenters. The Balaban J connectivity index is 1.62. The Kier molecular flexibility index (Phi) is 5.68. The number of rotatable bonds is 5. The average molecular weight is 410 g/mol. The van der Waals surface area contributed by atoms with Gasteiger partial charge in [-0.15, -0.1) is 0 Å². The fourth-order valence-electron chi connectivity index (χ4n) is 4.16. The van der Waals surface area contributed by atoms with Gasteiger partial charge in [0.15, 0.2) is 23.0 Å². The van der Waals surface area contributed by atoms with Gasteiger partial charge in [-0.05, 0) is 54.7 Å². The van der Waals surface area contributed by atoms with Crippen LogP contribution in [-0.4, -0.2) is 38.2 Å². The summed E-state index contributed by atoms with van der Waals surface area (Å²) in [5.74, 6) is 2.67. The van der Waals surface area contributed by atoms with E-state index in [1.807, 2.05) is 6.07 Å². The zero-order valence-electron chi connectivity index (χ0n) is 17.7. The summed E-state index contributed by atoms with van der Waals surface area (Å²) < 4.78 is 16.6. The summed E-state index contributed by atoms with van der Waals surface area (Å²) in [6.07, 6.45) is 4.05. The molecule has 2 heterocycles. The van der Waals surface area contributed by atoms with E-state index in [0.29, 0.717) is 34.9 Å². The normalized spacial score (nSPS) is 22.0. The summed E-state index contributed by atoms with van der Waals surface area (Å²) in [6, 6.07) is 8.66. The molecule has 2 aliphatic heterocycles. The van der Waals surface area contributed by atoms with Crippen molar-refractivity contribution in [2.24, 2.45) is 5.92 Å². The Hall–Kier alpha value is -2.99. The van der Waals surface area contributed by atoms with E-state index in [0.717, 1.165) is 24.6 Å². The lowest BCUT2D eigenvalue weighted by molar-refractivity contribution is -0.919. The lowest BCUT2D eigenvalue weighted by Gasteiger charge is -2.27. The first kappa shape index (κ1) is 20.3. The van der Waals surface area contributed by atoms with Crippen molar-refractivity contribution in [3.8, 4) is 23.0 Å². The highest BCUT2D eigenvalue weighted by Gasteiger charge is 2.33. The van der Waals surface area contributed by atoms with Gasteiger partial charge in [-0.3, -0.25) is 4.79 Å². The molecule has 1 fully saturated rings. The number of likely N-dealkylation sites (tertiary alicyclic amines) is 1. The van der Waals surface area contributed by atoms with E-state index in [4.69, 9.17) is 14.2 Å². The monoisotopic (exact) mass is 410 g/mol. The maximum atomic E-state index is 12.9. The van der Waals surface area contributed by atoms with Crippen LogP contribution in [0.5, 0.6) is 23.0 Å². The van der Waals surface area contributed by atoms with Crippen molar-refractivity contribution >= 4 is 11.9 Å². The smallest absolute Gasteiger partial charge is 0.231 e. The number of piperidine rings is 1. The van der Waals surface area contributed by atoms with Crippen molar-refractivity contribution in [1.29, 1.82) is 0 Å². The molecule has 0 saturated carbocycles. The molecule has 0 aromatic heterocycles. The van der Waals surface area contributed by atoms with Crippen LogP contribution in [0.3, 0.4) is 0 Å². The predicted octanol–water partition coefficient (Wildman–Crippen LogP) is 2.84. The van der Waals surface area contributed by atoms with Crippen LogP contribution in [0.15, 0.2) is 36.1 Å². The molecule has 6 nitrogen and oxygen atoms in total. The number of phenols is 1.